The summed E-state index contributed by atoms with van der Waals surface area (Å²) in [5, 5.41) is 3.08. The standard InChI is InChI=1S/C20H32N4.HI/c1-15(2)10-22-20(21)23-11-18-7-5-6-8-19(18)14-24-12-16(3)9-17(4)13-24;/h5-8,16-17H,1,9-14H2,2-4H3,(H3,21,22,23);1H. The van der Waals surface area contributed by atoms with Gasteiger partial charge in [0.25, 0.3) is 0 Å². The molecule has 3 N–H and O–H groups in total. The zero-order valence-corrected chi connectivity index (χ0v) is 18.1. The number of hydrogen-bond donors (Lipinski definition) is 2. The number of likely N-dealkylation sites (tertiary alicyclic amines) is 1. The summed E-state index contributed by atoms with van der Waals surface area (Å²) in [4.78, 5) is 7.05. The Morgan fingerprint density at radius 1 is 1.24 bits per heavy atom. The van der Waals surface area contributed by atoms with Gasteiger partial charge in [-0.1, -0.05) is 50.3 Å². The molecule has 25 heavy (non-hydrogen) atoms. The van der Waals surface area contributed by atoms with Crippen LogP contribution in [0.1, 0.15) is 38.3 Å². The van der Waals surface area contributed by atoms with Gasteiger partial charge in [0.1, 0.15) is 0 Å². The second kappa shape index (κ2) is 10.8. The summed E-state index contributed by atoms with van der Waals surface area (Å²) in [5.74, 6) is 2.04. The first-order valence-corrected chi connectivity index (χ1v) is 8.91. The fourth-order valence-electron chi connectivity index (χ4n) is 3.50. The van der Waals surface area contributed by atoms with Crippen LogP contribution in [0.25, 0.3) is 0 Å². The molecule has 0 saturated carbocycles. The van der Waals surface area contributed by atoms with Crippen LogP contribution >= 0.6 is 24.0 Å². The molecule has 0 aromatic heterocycles. The normalized spacial score (nSPS) is 21.5. The molecule has 0 aliphatic carbocycles. The largest absolute Gasteiger partial charge is 0.370 e. The van der Waals surface area contributed by atoms with E-state index in [1.165, 1.54) is 30.6 Å². The van der Waals surface area contributed by atoms with Crippen molar-refractivity contribution in [3.05, 3.63) is 47.5 Å². The van der Waals surface area contributed by atoms with Gasteiger partial charge in [0.2, 0.25) is 0 Å². The lowest BCUT2D eigenvalue weighted by Crippen LogP contribution is -2.38. The summed E-state index contributed by atoms with van der Waals surface area (Å²) in [7, 11) is 0. The SMILES string of the molecule is C=C(C)CNC(N)=NCc1ccccc1CN1CC(C)CC(C)C1.I. The first-order chi connectivity index (χ1) is 11.4. The van der Waals surface area contributed by atoms with E-state index in [0.717, 1.165) is 24.0 Å². The van der Waals surface area contributed by atoms with Crippen LogP contribution in [0.15, 0.2) is 41.4 Å². The molecule has 2 atom stereocenters. The minimum absolute atomic E-state index is 0. The number of guanidine groups is 1. The van der Waals surface area contributed by atoms with Crippen LogP contribution in [0.3, 0.4) is 0 Å². The van der Waals surface area contributed by atoms with E-state index in [4.69, 9.17) is 5.73 Å². The monoisotopic (exact) mass is 456 g/mol. The Kier molecular flexibility index (Phi) is 9.50. The lowest BCUT2D eigenvalue weighted by atomic mass is 9.91. The Bertz CT molecular complexity index is 575. The van der Waals surface area contributed by atoms with E-state index >= 15 is 0 Å². The number of nitrogens with one attached hydrogen (secondary N) is 1. The molecular weight excluding hydrogens is 423 g/mol. The number of halogens is 1. The molecule has 1 saturated heterocycles. The van der Waals surface area contributed by atoms with Crippen LogP contribution in [-0.2, 0) is 13.1 Å². The Morgan fingerprint density at radius 2 is 1.84 bits per heavy atom. The topological polar surface area (TPSA) is 53.6 Å². The fourth-order valence-corrected chi connectivity index (χ4v) is 3.50. The first kappa shape index (κ1) is 22.0. The van der Waals surface area contributed by atoms with Gasteiger partial charge in [-0.2, -0.15) is 0 Å². The molecule has 2 rings (SSSR count). The molecule has 1 aliphatic rings. The minimum atomic E-state index is 0. The number of nitrogens with two attached hydrogens (primary N) is 1. The van der Waals surface area contributed by atoms with Crippen molar-refractivity contribution >= 4 is 29.9 Å². The molecule has 2 unspecified atom stereocenters. The number of aliphatic imine (C=N–C) groups is 1. The third-order valence-corrected chi connectivity index (χ3v) is 4.45. The summed E-state index contributed by atoms with van der Waals surface area (Å²) in [6, 6.07) is 8.56. The molecular formula is C20H33IN4. The van der Waals surface area contributed by atoms with Crippen LogP contribution in [0, 0.1) is 11.8 Å². The van der Waals surface area contributed by atoms with Crippen molar-refractivity contribution in [1.29, 1.82) is 0 Å². The van der Waals surface area contributed by atoms with Gasteiger partial charge in [-0.05, 0) is 36.3 Å². The zero-order chi connectivity index (χ0) is 17.5. The fraction of sp³-hybridized carbons (Fsp3) is 0.550. The molecule has 1 aromatic carbocycles. The highest BCUT2D eigenvalue weighted by Gasteiger charge is 2.22. The van der Waals surface area contributed by atoms with E-state index in [-0.39, 0.29) is 24.0 Å². The Labute approximate surface area is 170 Å². The number of nitrogens with zero attached hydrogens (tertiary/aromatic N) is 2. The van der Waals surface area contributed by atoms with E-state index in [1.54, 1.807) is 0 Å². The number of rotatable bonds is 6. The zero-order valence-electron chi connectivity index (χ0n) is 15.8. The van der Waals surface area contributed by atoms with Gasteiger partial charge in [-0.25, -0.2) is 4.99 Å². The Morgan fingerprint density at radius 3 is 2.44 bits per heavy atom. The summed E-state index contributed by atoms with van der Waals surface area (Å²) >= 11 is 0. The predicted octanol–water partition coefficient (Wildman–Crippen LogP) is 3.76. The molecule has 140 valence electrons. The van der Waals surface area contributed by atoms with Crippen LogP contribution in [-0.4, -0.2) is 30.5 Å². The van der Waals surface area contributed by atoms with Crippen LogP contribution in [0.2, 0.25) is 0 Å². The van der Waals surface area contributed by atoms with Gasteiger partial charge < -0.3 is 11.1 Å². The molecule has 1 fully saturated rings. The van der Waals surface area contributed by atoms with Crippen molar-refractivity contribution in [2.24, 2.45) is 22.6 Å². The summed E-state index contributed by atoms with van der Waals surface area (Å²) in [6.07, 6.45) is 1.34. The molecule has 1 heterocycles. The molecule has 0 spiro atoms. The second-order valence-electron chi connectivity index (χ2n) is 7.42. The highest BCUT2D eigenvalue weighted by molar-refractivity contribution is 14.0. The quantitative estimate of drug-likeness (QED) is 0.297. The van der Waals surface area contributed by atoms with Crippen molar-refractivity contribution in [2.75, 3.05) is 19.6 Å². The summed E-state index contributed by atoms with van der Waals surface area (Å²) in [5.41, 5.74) is 9.58. The summed E-state index contributed by atoms with van der Waals surface area (Å²) < 4.78 is 0. The molecule has 0 amide bonds. The average molecular weight is 456 g/mol. The van der Waals surface area contributed by atoms with Crippen LogP contribution in [0.4, 0.5) is 0 Å². The Balaban J connectivity index is 0.00000312. The van der Waals surface area contributed by atoms with Crippen molar-refractivity contribution in [3.63, 3.8) is 0 Å². The molecule has 4 nitrogen and oxygen atoms in total. The molecule has 5 heteroatoms. The van der Waals surface area contributed by atoms with Gasteiger partial charge in [-0.3, -0.25) is 4.90 Å². The maximum Gasteiger partial charge on any atom is 0.189 e. The lowest BCUT2D eigenvalue weighted by molar-refractivity contribution is 0.134. The third-order valence-electron chi connectivity index (χ3n) is 4.45. The molecule has 1 aromatic rings. The van der Waals surface area contributed by atoms with Crippen LogP contribution < -0.4 is 11.1 Å². The summed E-state index contributed by atoms with van der Waals surface area (Å²) in [6.45, 7) is 15.2. The van der Waals surface area contributed by atoms with E-state index in [0.29, 0.717) is 19.0 Å². The number of benzene rings is 1. The first-order valence-electron chi connectivity index (χ1n) is 8.91. The van der Waals surface area contributed by atoms with Crippen molar-refractivity contribution < 1.29 is 0 Å². The van der Waals surface area contributed by atoms with E-state index < -0.39 is 0 Å². The van der Waals surface area contributed by atoms with Gasteiger partial charge in [0.05, 0.1) is 6.54 Å². The van der Waals surface area contributed by atoms with Crippen molar-refractivity contribution in [1.82, 2.24) is 10.2 Å². The lowest BCUT2D eigenvalue weighted by Gasteiger charge is -2.35. The maximum absolute atomic E-state index is 5.93. The number of hydrogen-bond acceptors (Lipinski definition) is 2. The van der Waals surface area contributed by atoms with E-state index in [1.807, 2.05) is 6.92 Å². The predicted molar refractivity (Wildman–Crippen MR) is 118 cm³/mol. The van der Waals surface area contributed by atoms with Gasteiger partial charge in [0, 0.05) is 26.2 Å². The Hall–Kier alpha value is -1.08. The highest BCUT2D eigenvalue weighted by atomic mass is 127. The second-order valence-corrected chi connectivity index (χ2v) is 7.42. The van der Waals surface area contributed by atoms with Crippen LogP contribution in [0.5, 0.6) is 0 Å². The smallest absolute Gasteiger partial charge is 0.189 e. The molecule has 1 aliphatic heterocycles. The average Bonchev–Trinajstić information content (AvgIpc) is 2.51. The highest BCUT2D eigenvalue weighted by Crippen LogP contribution is 2.23. The minimum Gasteiger partial charge on any atom is -0.370 e. The van der Waals surface area contributed by atoms with Gasteiger partial charge in [0.15, 0.2) is 5.96 Å². The van der Waals surface area contributed by atoms with Gasteiger partial charge >= 0.3 is 0 Å². The molecule has 0 radical (unpaired) electrons. The van der Waals surface area contributed by atoms with E-state index in [9.17, 15) is 0 Å². The van der Waals surface area contributed by atoms with Crippen molar-refractivity contribution in [3.8, 4) is 0 Å². The molecule has 0 bridgehead atoms. The maximum atomic E-state index is 5.93. The third kappa shape index (κ3) is 7.77. The van der Waals surface area contributed by atoms with Gasteiger partial charge in [-0.15, -0.1) is 24.0 Å². The van der Waals surface area contributed by atoms with Crippen molar-refractivity contribution in [2.45, 2.75) is 40.3 Å². The number of piperidine rings is 1. The van der Waals surface area contributed by atoms with E-state index in [2.05, 4.69) is 59.9 Å².